The topological polar surface area (TPSA) is 34.1 Å². The first-order valence-corrected chi connectivity index (χ1v) is 6.71. The Kier molecular flexibility index (Phi) is 3.47. The number of nitrogens with zero attached hydrogens (tertiary/aromatic N) is 1. The summed E-state index contributed by atoms with van der Waals surface area (Å²) in [6, 6.07) is 14.4. The molecule has 1 atom stereocenters. The van der Waals surface area contributed by atoms with E-state index in [1.54, 1.807) is 0 Å². The molecule has 0 saturated heterocycles. The van der Waals surface area contributed by atoms with Crippen LogP contribution in [-0.4, -0.2) is 18.1 Å². The van der Waals surface area contributed by atoms with Crippen molar-refractivity contribution in [3.8, 4) is 5.75 Å². The van der Waals surface area contributed by atoms with Crippen molar-refractivity contribution in [2.24, 2.45) is 0 Å². The Labute approximate surface area is 113 Å². The zero-order chi connectivity index (χ0) is 13.1. The van der Waals surface area contributed by atoms with Crippen molar-refractivity contribution in [2.75, 3.05) is 7.05 Å². The van der Waals surface area contributed by atoms with Crippen LogP contribution in [0.4, 0.5) is 0 Å². The molecule has 1 aromatic carbocycles. The molecule has 1 fully saturated rings. The maximum Gasteiger partial charge on any atom is 0.120 e. The van der Waals surface area contributed by atoms with E-state index in [-0.39, 0.29) is 6.04 Å². The monoisotopic (exact) mass is 254 g/mol. The lowest BCUT2D eigenvalue weighted by atomic mass is 10.0. The quantitative estimate of drug-likeness (QED) is 0.890. The van der Waals surface area contributed by atoms with Crippen LogP contribution in [0, 0.1) is 0 Å². The van der Waals surface area contributed by atoms with Crippen molar-refractivity contribution in [1.82, 2.24) is 10.3 Å². The van der Waals surface area contributed by atoms with Crippen LogP contribution in [0.2, 0.25) is 0 Å². The Balaban J connectivity index is 1.86. The van der Waals surface area contributed by atoms with Crippen LogP contribution in [0.15, 0.2) is 48.7 Å². The first-order chi connectivity index (χ1) is 9.36. The molecule has 0 aliphatic heterocycles. The van der Waals surface area contributed by atoms with Crippen molar-refractivity contribution in [3.05, 3.63) is 59.9 Å². The van der Waals surface area contributed by atoms with Gasteiger partial charge in [-0.25, -0.2) is 0 Å². The molecule has 1 heterocycles. The molecule has 2 aromatic rings. The number of rotatable bonds is 5. The van der Waals surface area contributed by atoms with Crippen LogP contribution in [0.25, 0.3) is 0 Å². The third kappa shape index (κ3) is 2.93. The van der Waals surface area contributed by atoms with E-state index in [1.807, 2.05) is 43.6 Å². The fraction of sp³-hybridized carbons (Fsp3) is 0.312. The SMILES string of the molecule is CNC(c1cccc(OC2CC2)c1)c1ccccn1. The summed E-state index contributed by atoms with van der Waals surface area (Å²) in [7, 11) is 1.95. The first-order valence-electron chi connectivity index (χ1n) is 6.71. The summed E-state index contributed by atoms with van der Waals surface area (Å²) in [6.45, 7) is 0. The fourth-order valence-corrected chi connectivity index (χ4v) is 2.18. The molecule has 1 aliphatic carbocycles. The number of hydrogen-bond donors (Lipinski definition) is 1. The number of benzene rings is 1. The van der Waals surface area contributed by atoms with Gasteiger partial charge in [0, 0.05) is 6.20 Å². The highest BCUT2D eigenvalue weighted by atomic mass is 16.5. The molecule has 0 radical (unpaired) electrons. The van der Waals surface area contributed by atoms with Crippen LogP contribution in [-0.2, 0) is 0 Å². The van der Waals surface area contributed by atoms with Gasteiger partial charge >= 0.3 is 0 Å². The van der Waals surface area contributed by atoms with Gasteiger partial charge in [-0.2, -0.15) is 0 Å². The zero-order valence-electron chi connectivity index (χ0n) is 11.0. The van der Waals surface area contributed by atoms with E-state index in [0.29, 0.717) is 6.10 Å². The second-order valence-corrected chi connectivity index (χ2v) is 4.87. The lowest BCUT2D eigenvalue weighted by Gasteiger charge is -2.17. The molecule has 1 saturated carbocycles. The minimum atomic E-state index is 0.101. The van der Waals surface area contributed by atoms with Crippen molar-refractivity contribution in [2.45, 2.75) is 25.0 Å². The Morgan fingerprint density at radius 3 is 2.79 bits per heavy atom. The van der Waals surface area contributed by atoms with Gasteiger partial charge in [0.15, 0.2) is 0 Å². The Hall–Kier alpha value is -1.87. The van der Waals surface area contributed by atoms with Crippen molar-refractivity contribution in [3.63, 3.8) is 0 Å². The number of ether oxygens (including phenoxy) is 1. The molecule has 3 heteroatoms. The van der Waals surface area contributed by atoms with E-state index in [2.05, 4.69) is 22.4 Å². The second kappa shape index (κ2) is 5.41. The van der Waals surface area contributed by atoms with Gasteiger partial charge in [0.2, 0.25) is 0 Å². The molecule has 1 unspecified atom stereocenters. The van der Waals surface area contributed by atoms with Crippen LogP contribution < -0.4 is 10.1 Å². The summed E-state index contributed by atoms with van der Waals surface area (Å²) in [5, 5.41) is 3.31. The summed E-state index contributed by atoms with van der Waals surface area (Å²) in [4.78, 5) is 4.43. The fourth-order valence-electron chi connectivity index (χ4n) is 2.18. The van der Waals surface area contributed by atoms with Gasteiger partial charge in [0.25, 0.3) is 0 Å². The maximum absolute atomic E-state index is 5.85. The maximum atomic E-state index is 5.85. The third-order valence-electron chi connectivity index (χ3n) is 3.29. The van der Waals surface area contributed by atoms with Gasteiger partial charge in [-0.1, -0.05) is 18.2 Å². The van der Waals surface area contributed by atoms with Gasteiger partial charge < -0.3 is 10.1 Å². The molecule has 3 rings (SSSR count). The van der Waals surface area contributed by atoms with Crippen LogP contribution in [0.1, 0.15) is 30.1 Å². The lowest BCUT2D eigenvalue weighted by molar-refractivity contribution is 0.302. The predicted molar refractivity (Wildman–Crippen MR) is 75.2 cm³/mol. The van der Waals surface area contributed by atoms with Crippen LogP contribution in [0.3, 0.4) is 0 Å². The molecule has 3 nitrogen and oxygen atoms in total. The van der Waals surface area contributed by atoms with Crippen molar-refractivity contribution in [1.29, 1.82) is 0 Å². The van der Waals surface area contributed by atoms with Crippen LogP contribution >= 0.6 is 0 Å². The molecule has 0 spiro atoms. The van der Waals surface area contributed by atoms with Gasteiger partial charge in [0.1, 0.15) is 5.75 Å². The van der Waals surface area contributed by atoms with E-state index in [0.717, 1.165) is 11.4 Å². The standard InChI is InChI=1S/C16H18N2O/c1-17-16(15-7-2-3-10-18-15)12-5-4-6-14(11-12)19-13-8-9-13/h2-7,10-11,13,16-17H,8-9H2,1H3. The molecule has 1 aliphatic rings. The molecule has 19 heavy (non-hydrogen) atoms. The van der Waals surface area contributed by atoms with Crippen molar-refractivity contribution >= 4 is 0 Å². The average Bonchev–Trinajstić information content (AvgIpc) is 3.25. The average molecular weight is 254 g/mol. The largest absolute Gasteiger partial charge is 0.490 e. The van der Waals surface area contributed by atoms with E-state index in [1.165, 1.54) is 18.4 Å². The van der Waals surface area contributed by atoms with E-state index in [4.69, 9.17) is 4.74 Å². The Morgan fingerprint density at radius 1 is 1.21 bits per heavy atom. The highest BCUT2D eigenvalue weighted by Crippen LogP contribution is 2.29. The Bertz CT molecular complexity index is 537. The van der Waals surface area contributed by atoms with Crippen molar-refractivity contribution < 1.29 is 4.74 Å². The van der Waals surface area contributed by atoms with E-state index in [9.17, 15) is 0 Å². The number of pyridine rings is 1. The molecule has 0 amide bonds. The number of hydrogen-bond acceptors (Lipinski definition) is 3. The van der Waals surface area contributed by atoms with Gasteiger partial charge in [0.05, 0.1) is 17.8 Å². The molecule has 1 aromatic heterocycles. The molecule has 1 N–H and O–H groups in total. The smallest absolute Gasteiger partial charge is 0.120 e. The summed E-state index contributed by atoms with van der Waals surface area (Å²) in [6.07, 6.45) is 4.61. The molecular weight excluding hydrogens is 236 g/mol. The zero-order valence-corrected chi connectivity index (χ0v) is 11.0. The predicted octanol–water partition coefficient (Wildman–Crippen LogP) is 2.93. The summed E-state index contributed by atoms with van der Waals surface area (Å²) in [5.41, 5.74) is 2.20. The highest BCUT2D eigenvalue weighted by molar-refractivity contribution is 5.34. The first kappa shape index (κ1) is 12.2. The Morgan fingerprint density at radius 2 is 2.11 bits per heavy atom. The van der Waals surface area contributed by atoms with E-state index >= 15 is 0 Å². The minimum Gasteiger partial charge on any atom is -0.490 e. The third-order valence-corrected chi connectivity index (χ3v) is 3.29. The summed E-state index contributed by atoms with van der Waals surface area (Å²) in [5.74, 6) is 0.955. The molecule has 0 bridgehead atoms. The second-order valence-electron chi connectivity index (χ2n) is 4.87. The number of aromatic nitrogens is 1. The van der Waals surface area contributed by atoms with Gasteiger partial charge in [-0.15, -0.1) is 0 Å². The summed E-state index contributed by atoms with van der Waals surface area (Å²) < 4.78 is 5.85. The van der Waals surface area contributed by atoms with Gasteiger partial charge in [-0.3, -0.25) is 4.98 Å². The summed E-state index contributed by atoms with van der Waals surface area (Å²) >= 11 is 0. The van der Waals surface area contributed by atoms with Crippen LogP contribution in [0.5, 0.6) is 5.75 Å². The van der Waals surface area contributed by atoms with E-state index < -0.39 is 0 Å². The highest BCUT2D eigenvalue weighted by Gasteiger charge is 2.23. The normalized spacial score (nSPS) is 16.1. The minimum absolute atomic E-state index is 0.101. The molecular formula is C16H18N2O. The number of nitrogens with one attached hydrogen (secondary N) is 1. The lowest BCUT2D eigenvalue weighted by Crippen LogP contribution is -2.18. The van der Waals surface area contributed by atoms with Gasteiger partial charge in [-0.05, 0) is 49.7 Å². The molecule has 98 valence electrons.